The fourth-order valence-corrected chi connectivity index (χ4v) is 4.66. The maximum atomic E-state index is 12.9. The molecule has 7 nitrogen and oxygen atoms in total. The van der Waals surface area contributed by atoms with E-state index in [2.05, 4.69) is 5.32 Å². The SMILES string of the molecule is O=C(Nc1cccc([C@H]2SCC(=O)N2c2ccc(C(F)(F)F)cc2)c1)c1cccc([N+](=O)[O-])c1. The van der Waals surface area contributed by atoms with Crippen molar-refractivity contribution >= 4 is 40.6 Å². The molecule has 174 valence electrons. The number of halogens is 3. The van der Waals surface area contributed by atoms with E-state index in [9.17, 15) is 32.9 Å². The van der Waals surface area contributed by atoms with E-state index in [-0.39, 0.29) is 22.9 Å². The quantitative estimate of drug-likeness (QED) is 0.371. The van der Waals surface area contributed by atoms with E-state index in [1.807, 2.05) is 0 Å². The van der Waals surface area contributed by atoms with Gasteiger partial charge in [-0.1, -0.05) is 18.2 Å². The summed E-state index contributed by atoms with van der Waals surface area (Å²) in [5.74, 6) is -0.646. The van der Waals surface area contributed by atoms with Crippen molar-refractivity contribution in [2.75, 3.05) is 16.0 Å². The van der Waals surface area contributed by atoms with E-state index in [1.165, 1.54) is 47.0 Å². The molecule has 0 spiro atoms. The summed E-state index contributed by atoms with van der Waals surface area (Å²) in [6.07, 6.45) is -4.48. The number of thioether (sulfide) groups is 1. The Morgan fingerprint density at radius 3 is 2.44 bits per heavy atom. The number of benzene rings is 3. The Balaban J connectivity index is 1.56. The van der Waals surface area contributed by atoms with Crippen molar-refractivity contribution in [1.82, 2.24) is 0 Å². The Hall–Kier alpha value is -3.86. The van der Waals surface area contributed by atoms with Crippen LogP contribution >= 0.6 is 11.8 Å². The minimum atomic E-state index is -4.48. The number of nitro groups is 1. The van der Waals surface area contributed by atoms with Crippen LogP contribution in [0.25, 0.3) is 0 Å². The molecule has 1 aliphatic heterocycles. The maximum absolute atomic E-state index is 12.9. The summed E-state index contributed by atoms with van der Waals surface area (Å²) in [4.78, 5) is 36.9. The molecule has 0 bridgehead atoms. The summed E-state index contributed by atoms with van der Waals surface area (Å²) in [5, 5.41) is 13.1. The van der Waals surface area contributed by atoms with E-state index in [0.29, 0.717) is 16.9 Å². The Morgan fingerprint density at radius 1 is 1.06 bits per heavy atom. The van der Waals surface area contributed by atoms with Crippen LogP contribution in [0.5, 0.6) is 0 Å². The molecule has 0 aliphatic carbocycles. The number of anilines is 2. The molecule has 3 aromatic rings. The van der Waals surface area contributed by atoms with Crippen LogP contribution in [0.15, 0.2) is 72.8 Å². The number of nitrogens with zero attached hydrogens (tertiary/aromatic N) is 2. The highest BCUT2D eigenvalue weighted by Crippen LogP contribution is 2.43. The molecule has 1 saturated heterocycles. The number of alkyl halides is 3. The zero-order valence-electron chi connectivity index (χ0n) is 17.3. The van der Waals surface area contributed by atoms with Gasteiger partial charge in [0, 0.05) is 29.1 Å². The monoisotopic (exact) mass is 487 g/mol. The largest absolute Gasteiger partial charge is 0.416 e. The number of amides is 2. The molecule has 1 N–H and O–H groups in total. The van der Waals surface area contributed by atoms with Crippen LogP contribution in [0.1, 0.15) is 26.9 Å². The number of hydrogen-bond acceptors (Lipinski definition) is 5. The maximum Gasteiger partial charge on any atom is 0.416 e. The fraction of sp³-hybridized carbons (Fsp3) is 0.130. The van der Waals surface area contributed by atoms with Gasteiger partial charge in [0.2, 0.25) is 5.91 Å². The first-order chi connectivity index (χ1) is 16.1. The zero-order valence-corrected chi connectivity index (χ0v) is 18.1. The molecule has 0 saturated carbocycles. The summed E-state index contributed by atoms with van der Waals surface area (Å²) in [6, 6.07) is 16.4. The highest BCUT2D eigenvalue weighted by atomic mass is 32.2. The predicted molar refractivity (Wildman–Crippen MR) is 122 cm³/mol. The van der Waals surface area contributed by atoms with Gasteiger partial charge in [-0.15, -0.1) is 11.8 Å². The van der Waals surface area contributed by atoms with Gasteiger partial charge in [0.25, 0.3) is 11.6 Å². The van der Waals surface area contributed by atoms with Crippen LogP contribution in [0, 0.1) is 10.1 Å². The summed E-state index contributed by atoms with van der Waals surface area (Å²) in [5.41, 5.74) is 0.483. The van der Waals surface area contributed by atoms with Crippen LogP contribution in [0.2, 0.25) is 0 Å². The van der Waals surface area contributed by atoms with E-state index in [4.69, 9.17) is 0 Å². The minimum Gasteiger partial charge on any atom is -0.322 e. The molecule has 2 amide bonds. The molecule has 1 fully saturated rings. The molecule has 0 aromatic heterocycles. The van der Waals surface area contributed by atoms with Crippen molar-refractivity contribution < 1.29 is 27.7 Å². The predicted octanol–water partition coefficient (Wildman–Crippen LogP) is 5.64. The van der Waals surface area contributed by atoms with Gasteiger partial charge in [-0.2, -0.15) is 13.2 Å². The van der Waals surface area contributed by atoms with Crippen LogP contribution in [-0.4, -0.2) is 22.5 Å². The number of rotatable bonds is 5. The van der Waals surface area contributed by atoms with Crippen LogP contribution < -0.4 is 10.2 Å². The molecule has 11 heteroatoms. The van der Waals surface area contributed by atoms with Gasteiger partial charge in [0.05, 0.1) is 16.2 Å². The lowest BCUT2D eigenvalue weighted by Crippen LogP contribution is -2.28. The van der Waals surface area contributed by atoms with Crippen LogP contribution in [-0.2, 0) is 11.0 Å². The Kier molecular flexibility index (Phi) is 6.29. The van der Waals surface area contributed by atoms with E-state index < -0.39 is 27.9 Å². The highest BCUT2D eigenvalue weighted by molar-refractivity contribution is 8.00. The van der Waals surface area contributed by atoms with E-state index in [1.54, 1.807) is 24.3 Å². The highest BCUT2D eigenvalue weighted by Gasteiger charge is 2.35. The third-order valence-electron chi connectivity index (χ3n) is 5.09. The van der Waals surface area contributed by atoms with Crippen molar-refractivity contribution in [2.24, 2.45) is 0 Å². The lowest BCUT2D eigenvalue weighted by Gasteiger charge is -2.25. The smallest absolute Gasteiger partial charge is 0.322 e. The summed E-state index contributed by atoms with van der Waals surface area (Å²) < 4.78 is 38.7. The molecular formula is C23H16F3N3O4S. The lowest BCUT2D eigenvalue weighted by atomic mass is 10.1. The molecule has 1 heterocycles. The number of hydrogen-bond donors (Lipinski definition) is 1. The lowest BCUT2D eigenvalue weighted by molar-refractivity contribution is -0.384. The molecule has 1 aliphatic rings. The summed E-state index contributed by atoms with van der Waals surface area (Å²) >= 11 is 1.31. The molecule has 1 atom stereocenters. The molecule has 0 unspecified atom stereocenters. The third kappa shape index (κ3) is 4.88. The molecule has 34 heavy (non-hydrogen) atoms. The zero-order chi connectivity index (χ0) is 24.5. The third-order valence-corrected chi connectivity index (χ3v) is 6.30. The van der Waals surface area contributed by atoms with Gasteiger partial charge in [0.15, 0.2) is 0 Å². The molecule has 3 aromatic carbocycles. The summed E-state index contributed by atoms with van der Waals surface area (Å²) in [6.45, 7) is 0. The van der Waals surface area contributed by atoms with E-state index >= 15 is 0 Å². The second kappa shape index (κ2) is 9.18. The average molecular weight is 487 g/mol. The topological polar surface area (TPSA) is 92.6 Å². The van der Waals surface area contributed by atoms with Crippen molar-refractivity contribution in [3.63, 3.8) is 0 Å². The number of carbonyl (C=O) groups is 2. The van der Waals surface area contributed by atoms with Crippen molar-refractivity contribution in [2.45, 2.75) is 11.6 Å². The summed E-state index contributed by atoms with van der Waals surface area (Å²) in [7, 11) is 0. The number of carbonyl (C=O) groups excluding carboxylic acids is 2. The minimum absolute atomic E-state index is 0.108. The van der Waals surface area contributed by atoms with Crippen LogP contribution in [0.3, 0.4) is 0 Å². The Labute approximate surface area is 195 Å². The fourth-order valence-electron chi connectivity index (χ4n) is 3.49. The molecule has 4 rings (SSSR count). The van der Waals surface area contributed by atoms with Crippen molar-refractivity contribution in [3.05, 3.63) is 99.6 Å². The standard InChI is InChI=1S/C23H16F3N3O4S/c24-23(25,26)16-7-9-18(10-8-16)28-20(30)13-34-22(28)15-4-1-5-17(11-15)27-21(31)14-3-2-6-19(12-14)29(32)33/h1-12,22H,13H2,(H,27,31)/t22-/m1/s1. The number of nitro benzene ring substituents is 1. The molecule has 0 radical (unpaired) electrons. The first kappa shape index (κ1) is 23.3. The van der Waals surface area contributed by atoms with Gasteiger partial charge in [0.1, 0.15) is 5.37 Å². The molecular weight excluding hydrogens is 471 g/mol. The first-order valence-corrected chi connectivity index (χ1v) is 10.9. The number of nitrogens with one attached hydrogen (secondary N) is 1. The second-order valence-electron chi connectivity index (χ2n) is 7.36. The van der Waals surface area contributed by atoms with Crippen molar-refractivity contribution in [3.8, 4) is 0 Å². The van der Waals surface area contributed by atoms with Gasteiger partial charge in [-0.3, -0.25) is 24.6 Å². The van der Waals surface area contributed by atoms with Gasteiger partial charge < -0.3 is 5.32 Å². The Morgan fingerprint density at radius 2 is 1.76 bits per heavy atom. The number of non-ortho nitro benzene ring substituents is 1. The van der Waals surface area contributed by atoms with Gasteiger partial charge in [-0.25, -0.2) is 0 Å². The van der Waals surface area contributed by atoms with E-state index in [0.717, 1.165) is 18.2 Å². The van der Waals surface area contributed by atoms with Gasteiger partial charge in [-0.05, 0) is 48.0 Å². The van der Waals surface area contributed by atoms with Crippen LogP contribution in [0.4, 0.5) is 30.2 Å². The average Bonchev–Trinajstić information content (AvgIpc) is 3.20. The Bertz CT molecular complexity index is 1260. The first-order valence-electron chi connectivity index (χ1n) is 9.90. The van der Waals surface area contributed by atoms with Gasteiger partial charge >= 0.3 is 6.18 Å². The normalized spacial score (nSPS) is 15.9. The van der Waals surface area contributed by atoms with Crippen molar-refractivity contribution in [1.29, 1.82) is 0 Å². The second-order valence-corrected chi connectivity index (χ2v) is 8.43.